The Kier molecular flexibility index (Phi) is 5.59. The minimum atomic E-state index is -0.148. The number of fused-ring (bicyclic) bond motifs is 1. The SMILES string of the molecule is COc1ccsc1C(=O)N1c2ccccc2[C@H](N(C(C)=O)c2ccccc2)C[C@@H]1C. The molecule has 0 saturated heterocycles. The molecule has 0 saturated carbocycles. The van der Waals surface area contributed by atoms with Crippen molar-refractivity contribution in [2.24, 2.45) is 0 Å². The van der Waals surface area contributed by atoms with Gasteiger partial charge in [-0.2, -0.15) is 0 Å². The van der Waals surface area contributed by atoms with Gasteiger partial charge in [0.15, 0.2) is 0 Å². The van der Waals surface area contributed by atoms with E-state index in [-0.39, 0.29) is 23.9 Å². The fourth-order valence-electron chi connectivity index (χ4n) is 4.23. The molecule has 2 heterocycles. The molecule has 0 bridgehead atoms. The summed E-state index contributed by atoms with van der Waals surface area (Å²) in [4.78, 5) is 30.4. The van der Waals surface area contributed by atoms with Crippen LogP contribution in [0.15, 0.2) is 66.0 Å². The molecule has 5 nitrogen and oxygen atoms in total. The fourth-order valence-corrected chi connectivity index (χ4v) is 5.02. The lowest BCUT2D eigenvalue weighted by Crippen LogP contribution is -2.47. The topological polar surface area (TPSA) is 49.9 Å². The smallest absolute Gasteiger partial charge is 0.272 e. The van der Waals surface area contributed by atoms with Gasteiger partial charge in [-0.05, 0) is 48.6 Å². The van der Waals surface area contributed by atoms with Crippen molar-refractivity contribution in [3.8, 4) is 5.75 Å². The van der Waals surface area contributed by atoms with Crippen molar-refractivity contribution in [2.45, 2.75) is 32.4 Å². The van der Waals surface area contributed by atoms with Crippen LogP contribution in [0.25, 0.3) is 0 Å². The Hall–Kier alpha value is -3.12. The fraction of sp³-hybridized carbons (Fsp3) is 0.250. The van der Waals surface area contributed by atoms with Crippen LogP contribution in [-0.4, -0.2) is 25.0 Å². The van der Waals surface area contributed by atoms with Gasteiger partial charge in [0, 0.05) is 24.3 Å². The molecule has 0 fully saturated rings. The van der Waals surface area contributed by atoms with Crippen molar-refractivity contribution in [1.82, 2.24) is 0 Å². The summed E-state index contributed by atoms with van der Waals surface area (Å²) in [5.74, 6) is 0.494. The number of anilines is 2. The molecule has 1 aliphatic heterocycles. The first-order valence-electron chi connectivity index (χ1n) is 9.91. The molecule has 2 atom stereocenters. The Morgan fingerprint density at radius 2 is 1.77 bits per heavy atom. The van der Waals surface area contributed by atoms with E-state index < -0.39 is 0 Å². The average Bonchev–Trinajstić information content (AvgIpc) is 3.23. The maximum Gasteiger partial charge on any atom is 0.272 e. The quantitative estimate of drug-likeness (QED) is 0.576. The molecule has 1 aliphatic rings. The molecule has 3 aromatic rings. The zero-order chi connectivity index (χ0) is 21.3. The first-order chi connectivity index (χ1) is 14.5. The molecule has 0 radical (unpaired) electrons. The number of rotatable bonds is 4. The van der Waals surface area contributed by atoms with Gasteiger partial charge in [0.25, 0.3) is 5.91 Å². The lowest BCUT2D eigenvalue weighted by atomic mass is 9.89. The lowest BCUT2D eigenvalue weighted by molar-refractivity contribution is -0.117. The second-order valence-corrected chi connectivity index (χ2v) is 8.29. The maximum absolute atomic E-state index is 13.5. The zero-order valence-corrected chi connectivity index (χ0v) is 18.1. The Morgan fingerprint density at radius 1 is 1.07 bits per heavy atom. The summed E-state index contributed by atoms with van der Waals surface area (Å²) in [6, 6.07) is 19.1. The molecule has 2 amide bonds. The third-order valence-corrected chi connectivity index (χ3v) is 6.39. The minimum Gasteiger partial charge on any atom is -0.495 e. The molecule has 0 unspecified atom stereocenters. The van der Waals surface area contributed by atoms with E-state index in [1.165, 1.54) is 11.3 Å². The highest BCUT2D eigenvalue weighted by Crippen LogP contribution is 2.43. The molecule has 2 aromatic carbocycles. The highest BCUT2D eigenvalue weighted by molar-refractivity contribution is 7.12. The first-order valence-corrected chi connectivity index (χ1v) is 10.8. The third-order valence-electron chi connectivity index (χ3n) is 5.51. The summed E-state index contributed by atoms with van der Waals surface area (Å²) in [7, 11) is 1.58. The van der Waals surface area contributed by atoms with E-state index in [0.29, 0.717) is 17.0 Å². The average molecular weight is 421 g/mol. The first kappa shape index (κ1) is 20.2. The number of hydrogen-bond acceptors (Lipinski definition) is 4. The number of methoxy groups -OCH3 is 1. The number of hydrogen-bond donors (Lipinski definition) is 0. The Morgan fingerprint density at radius 3 is 2.47 bits per heavy atom. The van der Waals surface area contributed by atoms with Crippen molar-refractivity contribution in [3.63, 3.8) is 0 Å². The van der Waals surface area contributed by atoms with Crippen molar-refractivity contribution in [1.29, 1.82) is 0 Å². The van der Waals surface area contributed by atoms with E-state index in [2.05, 4.69) is 0 Å². The second-order valence-electron chi connectivity index (χ2n) is 7.38. The van der Waals surface area contributed by atoms with E-state index in [4.69, 9.17) is 4.74 Å². The predicted molar refractivity (Wildman–Crippen MR) is 121 cm³/mol. The predicted octanol–water partition coefficient (Wildman–Crippen LogP) is 5.29. The van der Waals surface area contributed by atoms with Crippen LogP contribution in [0.2, 0.25) is 0 Å². The Balaban J connectivity index is 1.79. The van der Waals surface area contributed by atoms with Crippen LogP contribution in [0.4, 0.5) is 11.4 Å². The summed E-state index contributed by atoms with van der Waals surface area (Å²) >= 11 is 1.38. The molecular weight excluding hydrogens is 396 g/mol. The molecule has 30 heavy (non-hydrogen) atoms. The van der Waals surface area contributed by atoms with E-state index >= 15 is 0 Å². The summed E-state index contributed by atoms with van der Waals surface area (Å²) in [6.07, 6.45) is 0.644. The van der Waals surface area contributed by atoms with Gasteiger partial charge in [0.1, 0.15) is 10.6 Å². The van der Waals surface area contributed by atoms with Crippen molar-refractivity contribution in [2.75, 3.05) is 16.9 Å². The number of benzene rings is 2. The second kappa shape index (κ2) is 8.32. The number of nitrogens with zero attached hydrogens (tertiary/aromatic N) is 2. The van der Waals surface area contributed by atoms with E-state index in [1.54, 1.807) is 14.0 Å². The highest BCUT2D eigenvalue weighted by Gasteiger charge is 2.38. The van der Waals surface area contributed by atoms with Gasteiger partial charge in [-0.15, -0.1) is 11.3 Å². The van der Waals surface area contributed by atoms with Crippen LogP contribution < -0.4 is 14.5 Å². The molecule has 0 N–H and O–H groups in total. The molecule has 0 aliphatic carbocycles. The Labute approximate surface area is 180 Å². The van der Waals surface area contributed by atoms with Gasteiger partial charge >= 0.3 is 0 Å². The number of amides is 2. The van der Waals surface area contributed by atoms with Crippen molar-refractivity contribution in [3.05, 3.63) is 76.5 Å². The molecule has 6 heteroatoms. The standard InChI is InChI=1S/C24H24N2O3S/c1-16-15-21(26(17(2)27)18-9-5-4-6-10-18)19-11-7-8-12-20(19)25(16)24(28)23-22(29-3)13-14-30-23/h4-14,16,21H,15H2,1-3H3/t16-,21+/m0/s1. The third kappa shape index (κ3) is 3.48. The molecule has 1 aromatic heterocycles. The largest absolute Gasteiger partial charge is 0.495 e. The van der Waals surface area contributed by atoms with Gasteiger partial charge in [0.05, 0.1) is 13.2 Å². The zero-order valence-electron chi connectivity index (χ0n) is 17.2. The van der Waals surface area contributed by atoms with E-state index in [1.807, 2.05) is 82.8 Å². The van der Waals surface area contributed by atoms with Gasteiger partial charge in [-0.1, -0.05) is 36.4 Å². The molecule has 154 valence electrons. The normalized spacial score (nSPS) is 17.9. The molecular formula is C24H24N2O3S. The number of ether oxygens (including phenoxy) is 1. The summed E-state index contributed by atoms with van der Waals surface area (Å²) in [6.45, 7) is 3.62. The Bertz CT molecular complexity index is 1060. The number of para-hydroxylation sites is 2. The van der Waals surface area contributed by atoms with Crippen molar-refractivity contribution >= 4 is 34.5 Å². The number of carbonyl (C=O) groups excluding carboxylic acids is 2. The highest BCUT2D eigenvalue weighted by atomic mass is 32.1. The van der Waals surface area contributed by atoms with Crippen LogP contribution in [0.1, 0.15) is 41.5 Å². The van der Waals surface area contributed by atoms with Gasteiger partial charge in [-0.25, -0.2) is 0 Å². The van der Waals surface area contributed by atoms with Gasteiger partial charge in [0.2, 0.25) is 5.91 Å². The van der Waals surface area contributed by atoms with Gasteiger partial charge < -0.3 is 14.5 Å². The number of thiophene rings is 1. The monoisotopic (exact) mass is 420 g/mol. The minimum absolute atomic E-state index is 0.0205. The summed E-state index contributed by atoms with van der Waals surface area (Å²) < 4.78 is 5.38. The van der Waals surface area contributed by atoms with Gasteiger partial charge in [-0.3, -0.25) is 9.59 Å². The van der Waals surface area contributed by atoms with E-state index in [0.717, 1.165) is 16.9 Å². The summed E-state index contributed by atoms with van der Waals surface area (Å²) in [5, 5.41) is 1.86. The number of carbonyl (C=O) groups is 2. The summed E-state index contributed by atoms with van der Waals surface area (Å²) in [5.41, 5.74) is 2.67. The lowest BCUT2D eigenvalue weighted by Gasteiger charge is -2.43. The maximum atomic E-state index is 13.5. The van der Waals surface area contributed by atoms with Crippen molar-refractivity contribution < 1.29 is 14.3 Å². The van der Waals surface area contributed by atoms with Crippen LogP contribution in [0, 0.1) is 0 Å². The molecule has 0 spiro atoms. The van der Waals surface area contributed by atoms with Crippen LogP contribution in [0.3, 0.4) is 0 Å². The van der Waals surface area contributed by atoms with Crippen LogP contribution in [-0.2, 0) is 4.79 Å². The molecule has 4 rings (SSSR count). The van der Waals surface area contributed by atoms with Crippen LogP contribution >= 0.6 is 11.3 Å². The van der Waals surface area contributed by atoms with E-state index in [9.17, 15) is 9.59 Å². The van der Waals surface area contributed by atoms with Crippen LogP contribution in [0.5, 0.6) is 5.75 Å².